The van der Waals surface area contributed by atoms with E-state index >= 15 is 0 Å². The van der Waals surface area contributed by atoms with E-state index in [9.17, 15) is 14.7 Å². The molecule has 1 saturated heterocycles. The number of fused-ring (bicyclic) bond motifs is 1. The summed E-state index contributed by atoms with van der Waals surface area (Å²) in [5.41, 5.74) is 1.56. The van der Waals surface area contributed by atoms with E-state index in [1.54, 1.807) is 10.6 Å². The smallest absolute Gasteiger partial charge is 0.251 e. The van der Waals surface area contributed by atoms with Crippen LogP contribution in [-0.4, -0.2) is 65.7 Å². The fraction of sp³-hybridized carbons (Fsp3) is 0.524. The van der Waals surface area contributed by atoms with Crippen molar-refractivity contribution in [3.05, 3.63) is 46.2 Å². The van der Waals surface area contributed by atoms with Gasteiger partial charge in [0, 0.05) is 37.7 Å². The third-order valence-electron chi connectivity index (χ3n) is 5.38. The monoisotopic (exact) mass is 371 g/mol. The van der Waals surface area contributed by atoms with Crippen LogP contribution in [0.1, 0.15) is 12.0 Å². The molecule has 6 nitrogen and oxygen atoms in total. The number of piperidine rings is 1. The van der Waals surface area contributed by atoms with E-state index < -0.39 is 0 Å². The number of pyridine rings is 1. The van der Waals surface area contributed by atoms with Crippen molar-refractivity contribution in [3.63, 3.8) is 0 Å². The Hall–Kier alpha value is -2.18. The van der Waals surface area contributed by atoms with Gasteiger partial charge in [0.05, 0.1) is 5.52 Å². The molecular weight excluding hydrogens is 342 g/mol. The summed E-state index contributed by atoms with van der Waals surface area (Å²) in [4.78, 5) is 29.5. The number of para-hydroxylation sites is 1. The van der Waals surface area contributed by atoms with E-state index in [4.69, 9.17) is 0 Å². The van der Waals surface area contributed by atoms with Gasteiger partial charge in [0.25, 0.3) is 5.56 Å². The molecule has 0 radical (unpaired) electrons. The number of nitrogens with zero attached hydrogens (tertiary/aromatic N) is 3. The lowest BCUT2D eigenvalue weighted by molar-refractivity contribution is -0.135. The van der Waals surface area contributed by atoms with Gasteiger partial charge in [0.2, 0.25) is 5.91 Å². The summed E-state index contributed by atoms with van der Waals surface area (Å²) in [7, 11) is 4.04. The number of likely N-dealkylation sites (tertiary alicyclic amines) is 1. The molecule has 27 heavy (non-hydrogen) atoms. The maximum absolute atomic E-state index is 13.0. The number of hydrogen-bond acceptors (Lipinski definition) is 4. The van der Waals surface area contributed by atoms with Gasteiger partial charge in [-0.3, -0.25) is 14.2 Å². The SMILES string of the molecule is Cc1cc(=O)n(CC(=O)N2C[C@H](CO)C[C@@H](CN(C)C)C2)c2ccccc12. The van der Waals surface area contributed by atoms with Crippen molar-refractivity contribution < 1.29 is 9.90 Å². The van der Waals surface area contributed by atoms with Crippen molar-refractivity contribution in [2.75, 3.05) is 40.3 Å². The van der Waals surface area contributed by atoms with E-state index in [1.165, 1.54) is 0 Å². The molecule has 2 atom stereocenters. The Labute approximate surface area is 160 Å². The summed E-state index contributed by atoms with van der Waals surface area (Å²) in [5, 5.41) is 10.6. The number of aliphatic hydroxyl groups is 1. The lowest BCUT2D eigenvalue weighted by Crippen LogP contribution is -2.48. The first kappa shape index (κ1) is 19.6. The van der Waals surface area contributed by atoms with E-state index in [0.29, 0.717) is 19.0 Å². The Kier molecular flexibility index (Phi) is 5.97. The zero-order valence-corrected chi connectivity index (χ0v) is 16.4. The second-order valence-corrected chi connectivity index (χ2v) is 7.98. The second-order valence-electron chi connectivity index (χ2n) is 7.98. The van der Waals surface area contributed by atoms with Crippen LogP contribution in [-0.2, 0) is 11.3 Å². The van der Waals surface area contributed by atoms with Crippen LogP contribution < -0.4 is 5.56 Å². The molecule has 0 aliphatic carbocycles. The zero-order chi connectivity index (χ0) is 19.6. The number of benzene rings is 1. The number of aryl methyl sites for hydroxylation is 1. The second kappa shape index (κ2) is 8.23. The highest BCUT2D eigenvalue weighted by molar-refractivity contribution is 5.84. The predicted molar refractivity (Wildman–Crippen MR) is 107 cm³/mol. The molecule has 0 bridgehead atoms. The maximum atomic E-state index is 13.0. The Morgan fingerprint density at radius 1 is 1.22 bits per heavy atom. The van der Waals surface area contributed by atoms with Gasteiger partial charge in [-0.05, 0) is 50.9 Å². The molecule has 2 heterocycles. The molecule has 1 aromatic carbocycles. The highest BCUT2D eigenvalue weighted by Gasteiger charge is 2.30. The minimum Gasteiger partial charge on any atom is -0.396 e. The van der Waals surface area contributed by atoms with Crippen molar-refractivity contribution in [3.8, 4) is 0 Å². The van der Waals surface area contributed by atoms with Gasteiger partial charge in [-0.2, -0.15) is 0 Å². The molecule has 146 valence electrons. The molecule has 6 heteroatoms. The quantitative estimate of drug-likeness (QED) is 0.861. The normalized spacial score (nSPS) is 20.4. The number of aliphatic hydroxyl groups excluding tert-OH is 1. The first-order valence-electron chi connectivity index (χ1n) is 9.51. The van der Waals surface area contributed by atoms with Gasteiger partial charge >= 0.3 is 0 Å². The molecule has 0 spiro atoms. The largest absolute Gasteiger partial charge is 0.396 e. The van der Waals surface area contributed by atoms with Crippen LogP contribution in [0.4, 0.5) is 0 Å². The van der Waals surface area contributed by atoms with Crippen molar-refractivity contribution >= 4 is 16.8 Å². The van der Waals surface area contributed by atoms with Crippen LogP contribution in [0.15, 0.2) is 35.1 Å². The van der Waals surface area contributed by atoms with E-state index in [2.05, 4.69) is 4.90 Å². The molecule has 3 rings (SSSR count). The van der Waals surface area contributed by atoms with Gasteiger partial charge in [-0.25, -0.2) is 0 Å². The standard InChI is InChI=1S/C21H29N3O3/c1-15-8-20(26)24(19-7-5-4-6-18(15)19)13-21(27)23-11-16(10-22(2)3)9-17(12-23)14-25/h4-8,16-17,25H,9-14H2,1-3H3/t16-,17+/m0/s1. The van der Waals surface area contributed by atoms with Gasteiger partial charge in [-0.15, -0.1) is 0 Å². The molecular formula is C21H29N3O3. The molecule has 1 amide bonds. The van der Waals surface area contributed by atoms with Crippen LogP contribution in [0.3, 0.4) is 0 Å². The Morgan fingerprint density at radius 3 is 2.63 bits per heavy atom. The van der Waals surface area contributed by atoms with Crippen LogP contribution in [0, 0.1) is 18.8 Å². The molecule has 2 aromatic rings. The number of hydrogen-bond donors (Lipinski definition) is 1. The highest BCUT2D eigenvalue weighted by Crippen LogP contribution is 2.23. The molecule has 1 N–H and O–H groups in total. The average molecular weight is 371 g/mol. The predicted octanol–water partition coefficient (Wildman–Crippen LogP) is 1.33. The fourth-order valence-electron chi connectivity index (χ4n) is 4.20. The number of rotatable bonds is 5. The molecule has 0 saturated carbocycles. The van der Waals surface area contributed by atoms with Gasteiger partial charge in [0.1, 0.15) is 6.54 Å². The third-order valence-corrected chi connectivity index (χ3v) is 5.38. The van der Waals surface area contributed by atoms with Crippen molar-refractivity contribution in [1.82, 2.24) is 14.4 Å². The summed E-state index contributed by atoms with van der Waals surface area (Å²) in [6.07, 6.45) is 0.922. The van der Waals surface area contributed by atoms with Crippen LogP contribution in [0.2, 0.25) is 0 Å². The summed E-state index contributed by atoms with van der Waals surface area (Å²) in [6.45, 7) is 4.14. The highest BCUT2D eigenvalue weighted by atomic mass is 16.3. The lowest BCUT2D eigenvalue weighted by atomic mass is 9.89. The Morgan fingerprint density at radius 2 is 1.93 bits per heavy atom. The Balaban J connectivity index is 1.84. The minimum atomic E-state index is -0.153. The minimum absolute atomic E-state index is 0.0342. The van der Waals surface area contributed by atoms with Crippen LogP contribution in [0.25, 0.3) is 10.9 Å². The summed E-state index contributed by atoms with van der Waals surface area (Å²) >= 11 is 0. The number of carbonyl (C=O) groups excluding carboxylic acids is 1. The first-order chi connectivity index (χ1) is 12.9. The molecule has 1 aliphatic rings. The lowest BCUT2D eigenvalue weighted by Gasteiger charge is -2.38. The van der Waals surface area contributed by atoms with E-state index in [0.717, 1.165) is 29.4 Å². The topological polar surface area (TPSA) is 65.8 Å². The number of amides is 1. The van der Waals surface area contributed by atoms with Crippen LogP contribution in [0.5, 0.6) is 0 Å². The molecule has 1 aliphatic heterocycles. The van der Waals surface area contributed by atoms with Gasteiger partial charge in [0.15, 0.2) is 0 Å². The van der Waals surface area contributed by atoms with Gasteiger partial charge < -0.3 is 14.9 Å². The average Bonchev–Trinajstić information content (AvgIpc) is 2.64. The van der Waals surface area contributed by atoms with E-state index in [1.807, 2.05) is 50.2 Å². The van der Waals surface area contributed by atoms with Crippen molar-refractivity contribution in [2.24, 2.45) is 11.8 Å². The molecule has 0 unspecified atom stereocenters. The zero-order valence-electron chi connectivity index (χ0n) is 16.4. The first-order valence-corrected chi connectivity index (χ1v) is 9.51. The summed E-state index contributed by atoms with van der Waals surface area (Å²) in [5.74, 6) is 0.369. The van der Waals surface area contributed by atoms with Gasteiger partial charge in [-0.1, -0.05) is 18.2 Å². The van der Waals surface area contributed by atoms with Crippen molar-refractivity contribution in [1.29, 1.82) is 0 Å². The van der Waals surface area contributed by atoms with Crippen molar-refractivity contribution in [2.45, 2.75) is 19.9 Å². The molecule has 1 aromatic heterocycles. The third kappa shape index (κ3) is 4.39. The number of aromatic nitrogens is 1. The maximum Gasteiger partial charge on any atom is 0.251 e. The summed E-state index contributed by atoms with van der Waals surface area (Å²) in [6, 6.07) is 9.28. The molecule has 1 fully saturated rings. The summed E-state index contributed by atoms with van der Waals surface area (Å²) < 4.78 is 1.56. The van der Waals surface area contributed by atoms with Crippen LogP contribution >= 0.6 is 0 Å². The Bertz CT molecular complexity index is 875. The van der Waals surface area contributed by atoms with E-state index in [-0.39, 0.29) is 30.5 Å². The number of carbonyl (C=O) groups is 1. The fourth-order valence-corrected chi connectivity index (χ4v) is 4.20.